The first-order valence-electron chi connectivity index (χ1n) is 9.21. The lowest BCUT2D eigenvalue weighted by molar-refractivity contribution is 0.716. The van der Waals surface area contributed by atoms with E-state index in [9.17, 15) is 5.26 Å². The molecule has 0 saturated carbocycles. The Bertz CT molecular complexity index is 1230. The van der Waals surface area contributed by atoms with Crippen LogP contribution in [-0.2, 0) is 6.54 Å². The first-order valence-corrected chi connectivity index (χ1v) is 11.2. The van der Waals surface area contributed by atoms with Crippen molar-refractivity contribution in [2.45, 2.75) is 11.7 Å². The van der Waals surface area contributed by atoms with E-state index in [1.807, 2.05) is 54.8 Å². The molecule has 0 saturated heterocycles. The SMILES string of the molecule is CSc1ncc(-c2cc(-c3ccc(Br)cc3)nc(N)c2C#N)n1Cc1ccccc1. The highest BCUT2D eigenvalue weighted by atomic mass is 79.9. The number of aromatic nitrogens is 3. The third kappa shape index (κ3) is 3.97. The normalized spacial score (nSPS) is 10.7. The molecule has 0 unspecified atom stereocenters. The molecule has 7 heteroatoms. The summed E-state index contributed by atoms with van der Waals surface area (Å²) in [4.78, 5) is 9.05. The average Bonchev–Trinajstić information content (AvgIpc) is 3.16. The fraction of sp³-hybridized carbons (Fsp3) is 0.0870. The van der Waals surface area contributed by atoms with Crippen molar-refractivity contribution >= 4 is 33.5 Å². The number of nitrogens with two attached hydrogens (primary N) is 1. The quantitative estimate of drug-likeness (QED) is 0.380. The molecule has 0 aliphatic rings. The number of nitriles is 1. The summed E-state index contributed by atoms with van der Waals surface area (Å²) >= 11 is 5.02. The average molecular weight is 476 g/mol. The maximum atomic E-state index is 9.79. The summed E-state index contributed by atoms with van der Waals surface area (Å²) in [6.45, 7) is 0.646. The van der Waals surface area contributed by atoms with Gasteiger partial charge in [-0.3, -0.25) is 0 Å². The summed E-state index contributed by atoms with van der Waals surface area (Å²) in [7, 11) is 0. The fourth-order valence-electron chi connectivity index (χ4n) is 3.31. The van der Waals surface area contributed by atoms with Gasteiger partial charge in [-0.15, -0.1) is 0 Å². The van der Waals surface area contributed by atoms with E-state index >= 15 is 0 Å². The van der Waals surface area contributed by atoms with Crippen LogP contribution in [0.5, 0.6) is 0 Å². The summed E-state index contributed by atoms with van der Waals surface area (Å²) in [5.74, 6) is 0.214. The van der Waals surface area contributed by atoms with Crippen molar-refractivity contribution in [2.75, 3.05) is 12.0 Å². The lowest BCUT2D eigenvalue weighted by Crippen LogP contribution is -2.06. The minimum Gasteiger partial charge on any atom is -0.383 e. The standard InChI is InChI=1S/C23H18BrN5S/c1-30-23-27-13-21(29(23)14-15-5-3-2-4-6-15)18-11-20(28-22(26)19(18)12-25)16-7-9-17(24)10-8-16/h2-11,13H,14H2,1H3,(H2,26,28). The Morgan fingerprint density at radius 1 is 1.13 bits per heavy atom. The number of benzene rings is 2. The summed E-state index contributed by atoms with van der Waals surface area (Å²) in [5.41, 5.74) is 10.9. The summed E-state index contributed by atoms with van der Waals surface area (Å²) in [5, 5.41) is 10.7. The van der Waals surface area contributed by atoms with Crippen molar-refractivity contribution in [2.24, 2.45) is 0 Å². The zero-order valence-corrected chi connectivity index (χ0v) is 18.6. The maximum Gasteiger partial charge on any atom is 0.168 e. The van der Waals surface area contributed by atoms with Gasteiger partial charge in [0.25, 0.3) is 0 Å². The molecule has 2 aromatic carbocycles. The molecule has 0 amide bonds. The summed E-state index contributed by atoms with van der Waals surface area (Å²) in [6.07, 6.45) is 3.79. The van der Waals surface area contributed by atoms with Gasteiger partial charge in [-0.25, -0.2) is 9.97 Å². The first-order chi connectivity index (χ1) is 14.6. The van der Waals surface area contributed by atoms with E-state index in [0.29, 0.717) is 17.8 Å². The van der Waals surface area contributed by atoms with Crippen molar-refractivity contribution < 1.29 is 0 Å². The van der Waals surface area contributed by atoms with Crippen LogP contribution in [0.1, 0.15) is 11.1 Å². The van der Waals surface area contributed by atoms with Crippen molar-refractivity contribution in [3.8, 4) is 28.6 Å². The van der Waals surface area contributed by atoms with Crippen molar-refractivity contribution in [1.29, 1.82) is 5.26 Å². The number of anilines is 1. The number of hydrogen-bond acceptors (Lipinski definition) is 5. The van der Waals surface area contributed by atoms with Crippen LogP contribution in [0.3, 0.4) is 0 Å². The molecule has 2 heterocycles. The predicted octanol–water partition coefficient (Wildman–Crippen LogP) is 5.60. The number of halogens is 1. The zero-order valence-electron chi connectivity index (χ0n) is 16.2. The van der Waals surface area contributed by atoms with Crippen LogP contribution >= 0.6 is 27.7 Å². The predicted molar refractivity (Wildman–Crippen MR) is 125 cm³/mol. The highest BCUT2D eigenvalue weighted by molar-refractivity contribution is 9.10. The number of nitrogen functional groups attached to an aromatic ring is 1. The molecular formula is C23H18BrN5S. The largest absolute Gasteiger partial charge is 0.383 e. The second-order valence-corrected chi connectivity index (χ2v) is 8.32. The number of pyridine rings is 1. The van der Waals surface area contributed by atoms with Gasteiger partial charge in [-0.1, -0.05) is 70.2 Å². The van der Waals surface area contributed by atoms with Crippen molar-refractivity contribution in [1.82, 2.24) is 14.5 Å². The van der Waals surface area contributed by atoms with Crippen molar-refractivity contribution in [3.05, 3.63) is 82.5 Å². The van der Waals surface area contributed by atoms with Gasteiger partial charge in [0.05, 0.1) is 24.1 Å². The van der Waals surface area contributed by atoms with Gasteiger partial charge in [-0.2, -0.15) is 5.26 Å². The molecule has 30 heavy (non-hydrogen) atoms. The number of thioether (sulfide) groups is 1. The second kappa shape index (κ2) is 8.74. The molecule has 0 bridgehead atoms. The molecule has 0 radical (unpaired) electrons. The third-order valence-electron chi connectivity index (χ3n) is 4.76. The van der Waals surface area contributed by atoms with E-state index in [0.717, 1.165) is 32.0 Å². The second-order valence-electron chi connectivity index (χ2n) is 6.64. The molecule has 5 nitrogen and oxygen atoms in total. The van der Waals surface area contributed by atoms with Gasteiger partial charge in [0.2, 0.25) is 0 Å². The fourth-order valence-corrected chi connectivity index (χ4v) is 4.11. The first kappa shape index (κ1) is 20.2. The molecule has 0 atom stereocenters. The Balaban J connectivity index is 1.89. The zero-order chi connectivity index (χ0) is 21.1. The highest BCUT2D eigenvalue weighted by Crippen LogP contribution is 2.34. The highest BCUT2D eigenvalue weighted by Gasteiger charge is 2.19. The minimum absolute atomic E-state index is 0.214. The van der Waals surface area contributed by atoms with Crippen LogP contribution in [0.4, 0.5) is 5.82 Å². The summed E-state index contributed by atoms with van der Waals surface area (Å²) in [6, 6.07) is 22.2. The van der Waals surface area contributed by atoms with Crippen LogP contribution < -0.4 is 5.73 Å². The van der Waals surface area contributed by atoms with E-state index in [1.165, 1.54) is 0 Å². The topological polar surface area (TPSA) is 80.5 Å². The number of rotatable bonds is 5. The number of hydrogen-bond donors (Lipinski definition) is 1. The Morgan fingerprint density at radius 3 is 2.53 bits per heavy atom. The molecule has 0 fully saturated rings. The molecule has 0 aliphatic carbocycles. The van der Waals surface area contributed by atoms with Gasteiger partial charge in [0.15, 0.2) is 5.16 Å². The van der Waals surface area contributed by atoms with Gasteiger partial charge < -0.3 is 10.3 Å². The lowest BCUT2D eigenvalue weighted by Gasteiger charge is -2.14. The molecular weight excluding hydrogens is 458 g/mol. The van der Waals surface area contributed by atoms with Crippen LogP contribution in [-0.4, -0.2) is 20.8 Å². The van der Waals surface area contributed by atoms with Crippen LogP contribution in [0.2, 0.25) is 0 Å². The molecule has 2 N–H and O–H groups in total. The van der Waals surface area contributed by atoms with E-state index < -0.39 is 0 Å². The smallest absolute Gasteiger partial charge is 0.168 e. The summed E-state index contributed by atoms with van der Waals surface area (Å²) < 4.78 is 3.10. The Morgan fingerprint density at radius 2 is 1.87 bits per heavy atom. The monoisotopic (exact) mass is 475 g/mol. The van der Waals surface area contributed by atoms with E-state index in [-0.39, 0.29) is 5.82 Å². The molecule has 2 aromatic heterocycles. The van der Waals surface area contributed by atoms with Crippen LogP contribution in [0, 0.1) is 11.3 Å². The van der Waals surface area contributed by atoms with Crippen LogP contribution in [0.25, 0.3) is 22.5 Å². The molecule has 148 valence electrons. The molecule has 0 spiro atoms. The van der Waals surface area contributed by atoms with Crippen molar-refractivity contribution in [3.63, 3.8) is 0 Å². The molecule has 0 aliphatic heterocycles. The minimum atomic E-state index is 0.214. The van der Waals surface area contributed by atoms with E-state index in [4.69, 9.17) is 5.73 Å². The number of imidazole rings is 1. The third-order valence-corrected chi connectivity index (χ3v) is 5.98. The van der Waals surface area contributed by atoms with E-state index in [2.05, 4.69) is 48.7 Å². The van der Waals surface area contributed by atoms with E-state index in [1.54, 1.807) is 18.0 Å². The lowest BCUT2D eigenvalue weighted by atomic mass is 10.0. The molecule has 4 rings (SSSR count). The van der Waals surface area contributed by atoms with Gasteiger partial charge >= 0.3 is 0 Å². The van der Waals surface area contributed by atoms with Crippen LogP contribution in [0.15, 0.2) is 76.5 Å². The molecule has 4 aromatic rings. The van der Waals surface area contributed by atoms with Gasteiger partial charge in [0, 0.05) is 15.6 Å². The Labute approximate surface area is 187 Å². The Hall–Kier alpha value is -3.08. The Kier molecular flexibility index (Phi) is 5.88. The van der Waals surface area contributed by atoms with Gasteiger partial charge in [-0.05, 0) is 30.0 Å². The maximum absolute atomic E-state index is 9.79. The van der Waals surface area contributed by atoms with Gasteiger partial charge in [0.1, 0.15) is 17.5 Å². The number of nitrogens with zero attached hydrogens (tertiary/aromatic N) is 4.